The Balaban J connectivity index is 1.42. The molecule has 0 bridgehead atoms. The number of nitrogens with zero attached hydrogens (tertiary/aromatic N) is 1. The quantitative estimate of drug-likeness (QED) is 0.282. The van der Waals surface area contributed by atoms with Gasteiger partial charge in [0.2, 0.25) is 0 Å². The molecule has 0 aliphatic carbocycles. The van der Waals surface area contributed by atoms with Gasteiger partial charge in [-0.15, -0.1) is 11.8 Å². The van der Waals surface area contributed by atoms with Crippen molar-refractivity contribution in [1.82, 2.24) is 4.57 Å². The number of rotatable bonds is 6. The monoisotopic (exact) mass is 436 g/mol. The Bertz CT molecular complexity index is 1410. The smallest absolute Gasteiger partial charge is 0.256 e. The molecule has 0 saturated heterocycles. The molecule has 1 heterocycles. The summed E-state index contributed by atoms with van der Waals surface area (Å²) in [6.45, 7) is 3.06. The van der Waals surface area contributed by atoms with Crippen LogP contribution in [0.4, 0.5) is 5.69 Å². The van der Waals surface area contributed by atoms with Crippen molar-refractivity contribution in [1.29, 1.82) is 0 Å². The van der Waals surface area contributed by atoms with Gasteiger partial charge in [0.05, 0.1) is 5.56 Å². The molecule has 1 amide bonds. The summed E-state index contributed by atoms with van der Waals surface area (Å²) in [7, 11) is 0. The number of benzene rings is 4. The minimum Gasteiger partial charge on any atom is -0.341 e. The largest absolute Gasteiger partial charge is 0.341 e. The van der Waals surface area contributed by atoms with Crippen LogP contribution in [0.25, 0.3) is 21.8 Å². The molecule has 32 heavy (non-hydrogen) atoms. The molecule has 0 radical (unpaired) electrons. The molecule has 3 nitrogen and oxygen atoms in total. The van der Waals surface area contributed by atoms with Crippen LogP contribution in [0.3, 0.4) is 0 Å². The van der Waals surface area contributed by atoms with E-state index in [1.165, 1.54) is 22.0 Å². The number of amides is 1. The second-order valence-electron chi connectivity index (χ2n) is 7.72. The third-order valence-corrected chi connectivity index (χ3v) is 6.86. The number of para-hydroxylation sites is 1. The van der Waals surface area contributed by atoms with Gasteiger partial charge in [0.25, 0.3) is 5.91 Å². The van der Waals surface area contributed by atoms with Crippen LogP contribution >= 0.6 is 11.8 Å². The maximum atomic E-state index is 13.2. The number of hydrogen-bond acceptors (Lipinski definition) is 2. The first-order valence-electron chi connectivity index (χ1n) is 10.8. The van der Waals surface area contributed by atoms with Gasteiger partial charge in [0.15, 0.2) is 0 Å². The predicted octanol–water partition coefficient (Wildman–Crippen LogP) is 7.36. The lowest BCUT2D eigenvalue weighted by Gasteiger charge is -2.11. The molecular formula is C28H24N2OS. The number of carbonyl (C=O) groups excluding carboxylic acids is 1. The van der Waals surface area contributed by atoms with Crippen molar-refractivity contribution in [3.8, 4) is 0 Å². The second kappa shape index (κ2) is 8.93. The average Bonchev–Trinajstić information content (AvgIpc) is 3.16. The highest BCUT2D eigenvalue weighted by molar-refractivity contribution is 7.98. The third-order valence-electron chi connectivity index (χ3n) is 5.72. The zero-order valence-electron chi connectivity index (χ0n) is 17.9. The van der Waals surface area contributed by atoms with Crippen molar-refractivity contribution < 1.29 is 4.79 Å². The van der Waals surface area contributed by atoms with Crippen molar-refractivity contribution >= 4 is 45.2 Å². The number of hydrogen-bond donors (Lipinski definition) is 1. The van der Waals surface area contributed by atoms with Crippen LogP contribution < -0.4 is 5.32 Å². The first kappa shape index (κ1) is 20.4. The van der Waals surface area contributed by atoms with Gasteiger partial charge >= 0.3 is 0 Å². The number of nitrogens with one attached hydrogen (secondary N) is 1. The van der Waals surface area contributed by atoms with E-state index in [9.17, 15) is 4.79 Å². The van der Waals surface area contributed by atoms with Crippen molar-refractivity contribution in [2.45, 2.75) is 24.1 Å². The van der Waals surface area contributed by atoms with Gasteiger partial charge < -0.3 is 9.88 Å². The van der Waals surface area contributed by atoms with Crippen LogP contribution in [0.5, 0.6) is 0 Å². The number of anilines is 1. The fourth-order valence-electron chi connectivity index (χ4n) is 4.19. The molecule has 0 unspecified atom stereocenters. The van der Waals surface area contributed by atoms with Crippen LogP contribution in [0, 0.1) is 0 Å². The summed E-state index contributed by atoms with van der Waals surface area (Å²) in [4.78, 5) is 14.2. The Kier molecular flexibility index (Phi) is 5.70. The molecule has 4 heteroatoms. The minimum absolute atomic E-state index is 0.0836. The highest BCUT2D eigenvalue weighted by Crippen LogP contribution is 2.32. The van der Waals surface area contributed by atoms with Gasteiger partial charge in [-0.3, -0.25) is 4.79 Å². The van der Waals surface area contributed by atoms with Crippen molar-refractivity contribution in [2.24, 2.45) is 0 Å². The lowest BCUT2D eigenvalue weighted by molar-refractivity contribution is 0.102. The molecule has 1 N–H and O–H groups in total. The highest BCUT2D eigenvalue weighted by atomic mass is 32.2. The summed E-state index contributed by atoms with van der Waals surface area (Å²) in [5.74, 6) is 0.743. The fourth-order valence-corrected chi connectivity index (χ4v) is 5.19. The predicted molar refractivity (Wildman–Crippen MR) is 136 cm³/mol. The maximum absolute atomic E-state index is 13.2. The Labute approximate surface area is 192 Å². The summed E-state index contributed by atoms with van der Waals surface area (Å²) < 4.78 is 2.31. The zero-order valence-corrected chi connectivity index (χ0v) is 18.7. The third kappa shape index (κ3) is 3.90. The highest BCUT2D eigenvalue weighted by Gasteiger charge is 2.14. The van der Waals surface area contributed by atoms with Gasteiger partial charge in [-0.05, 0) is 48.9 Å². The van der Waals surface area contributed by atoms with Gasteiger partial charge in [-0.25, -0.2) is 0 Å². The van der Waals surface area contributed by atoms with Crippen LogP contribution in [-0.4, -0.2) is 10.5 Å². The SMILES string of the molecule is CCn1c2ccccc2c2cc(NC(=O)c3ccccc3SCc3ccccc3)ccc21. The molecule has 0 atom stereocenters. The Morgan fingerprint density at radius 3 is 2.38 bits per heavy atom. The molecule has 0 fully saturated rings. The minimum atomic E-state index is -0.0836. The van der Waals surface area contributed by atoms with Gasteiger partial charge in [0, 0.05) is 44.7 Å². The number of fused-ring (bicyclic) bond motifs is 3. The molecule has 5 aromatic rings. The van der Waals surface area contributed by atoms with Crippen LogP contribution in [-0.2, 0) is 12.3 Å². The Hall–Kier alpha value is -3.50. The molecule has 1 aromatic heterocycles. The summed E-state index contributed by atoms with van der Waals surface area (Å²) in [5.41, 5.74) is 5.15. The normalized spacial score (nSPS) is 11.2. The summed E-state index contributed by atoms with van der Waals surface area (Å²) in [6.07, 6.45) is 0. The molecule has 158 valence electrons. The first-order chi connectivity index (χ1) is 15.7. The summed E-state index contributed by atoms with van der Waals surface area (Å²) in [6, 6.07) is 32.7. The summed E-state index contributed by atoms with van der Waals surface area (Å²) >= 11 is 1.69. The lowest BCUT2D eigenvalue weighted by Crippen LogP contribution is -2.13. The zero-order chi connectivity index (χ0) is 21.9. The van der Waals surface area contributed by atoms with Crippen molar-refractivity contribution in [3.05, 3.63) is 108 Å². The lowest BCUT2D eigenvalue weighted by atomic mass is 10.1. The maximum Gasteiger partial charge on any atom is 0.256 e. The van der Waals surface area contributed by atoms with E-state index in [1.54, 1.807) is 11.8 Å². The van der Waals surface area contributed by atoms with Crippen LogP contribution in [0.15, 0.2) is 102 Å². The number of carbonyl (C=O) groups is 1. The van der Waals surface area contributed by atoms with E-state index in [-0.39, 0.29) is 5.91 Å². The molecule has 5 rings (SSSR count). The molecule has 0 aliphatic rings. The standard InChI is InChI=1S/C28H24N2OS/c1-2-30-25-14-8-6-12-22(25)24-18-21(16-17-26(24)30)29-28(31)23-13-7-9-15-27(23)32-19-20-10-4-3-5-11-20/h3-18H,2,19H2,1H3,(H,29,31). The molecule has 0 saturated carbocycles. The van der Waals surface area contributed by atoms with Gasteiger partial charge in [-0.2, -0.15) is 0 Å². The number of thioether (sulfide) groups is 1. The van der Waals surface area contributed by atoms with E-state index >= 15 is 0 Å². The first-order valence-corrected chi connectivity index (χ1v) is 11.8. The van der Waals surface area contributed by atoms with Crippen molar-refractivity contribution in [2.75, 3.05) is 5.32 Å². The molecule has 0 aliphatic heterocycles. The molecular weight excluding hydrogens is 412 g/mol. The Morgan fingerprint density at radius 1 is 0.812 bits per heavy atom. The van der Waals surface area contributed by atoms with E-state index in [0.717, 1.165) is 28.3 Å². The van der Waals surface area contributed by atoms with Gasteiger partial charge in [0.1, 0.15) is 0 Å². The van der Waals surface area contributed by atoms with E-state index < -0.39 is 0 Å². The second-order valence-corrected chi connectivity index (χ2v) is 8.74. The van der Waals surface area contributed by atoms with E-state index in [2.05, 4.69) is 65.3 Å². The molecule has 0 spiro atoms. The number of aryl methyl sites for hydroxylation is 1. The van der Waals surface area contributed by atoms with Crippen LogP contribution in [0.1, 0.15) is 22.8 Å². The van der Waals surface area contributed by atoms with Crippen LogP contribution in [0.2, 0.25) is 0 Å². The Morgan fingerprint density at radius 2 is 1.53 bits per heavy atom. The van der Waals surface area contributed by atoms with E-state index in [1.807, 2.05) is 48.5 Å². The van der Waals surface area contributed by atoms with Crippen molar-refractivity contribution in [3.63, 3.8) is 0 Å². The fraction of sp³-hybridized carbons (Fsp3) is 0.107. The van der Waals surface area contributed by atoms with Gasteiger partial charge in [-0.1, -0.05) is 60.7 Å². The summed E-state index contributed by atoms with van der Waals surface area (Å²) in [5, 5.41) is 5.49. The average molecular weight is 437 g/mol. The topological polar surface area (TPSA) is 34.0 Å². The number of aromatic nitrogens is 1. The van der Waals surface area contributed by atoms with E-state index in [0.29, 0.717) is 5.56 Å². The van der Waals surface area contributed by atoms with E-state index in [4.69, 9.17) is 0 Å². The molecule has 4 aromatic carbocycles.